The maximum atomic E-state index is 12.6. The molecule has 1 aliphatic carbocycles. The number of nitrogens with one attached hydrogen (secondary N) is 2. The Hall–Kier alpha value is -3.36. The standard InChI is InChI=1S/C19H23N7O2/c1-25-18(20-12-22-25)17(13-7-8-13)24-19(27)23-16-9-10-21-26(16)11-14-5-3-4-6-15(14)28-2/h3-6,9-10,12-13,17H,7-8,11H2,1-2H3,(H2,23,24,27)/t17-/m1/s1. The molecule has 9 heteroatoms. The third kappa shape index (κ3) is 3.83. The summed E-state index contributed by atoms with van der Waals surface area (Å²) in [6.07, 6.45) is 5.31. The van der Waals surface area contributed by atoms with E-state index in [1.165, 1.54) is 6.33 Å². The van der Waals surface area contributed by atoms with E-state index in [9.17, 15) is 4.79 Å². The number of methoxy groups -OCH3 is 1. The van der Waals surface area contributed by atoms with Crippen LogP contribution < -0.4 is 15.4 Å². The minimum atomic E-state index is -0.290. The molecule has 0 unspecified atom stereocenters. The summed E-state index contributed by atoms with van der Waals surface area (Å²) < 4.78 is 8.83. The average Bonchev–Trinajstić information content (AvgIpc) is 3.32. The number of anilines is 1. The van der Waals surface area contributed by atoms with E-state index >= 15 is 0 Å². The summed E-state index contributed by atoms with van der Waals surface area (Å²) in [6, 6.07) is 9.06. The Labute approximate surface area is 162 Å². The molecule has 0 aliphatic heterocycles. The van der Waals surface area contributed by atoms with Crippen LogP contribution in [0.4, 0.5) is 10.6 Å². The fraction of sp³-hybridized carbons (Fsp3) is 0.368. The molecule has 3 aromatic rings. The number of nitrogens with zero attached hydrogens (tertiary/aromatic N) is 5. The van der Waals surface area contributed by atoms with Gasteiger partial charge in [-0.25, -0.2) is 14.5 Å². The van der Waals surface area contributed by atoms with Gasteiger partial charge in [0.05, 0.1) is 25.9 Å². The Kier molecular flexibility index (Phi) is 4.96. The van der Waals surface area contributed by atoms with Gasteiger partial charge in [0.1, 0.15) is 23.7 Å². The zero-order valence-corrected chi connectivity index (χ0v) is 15.9. The van der Waals surface area contributed by atoms with Crippen molar-refractivity contribution in [3.63, 3.8) is 0 Å². The Morgan fingerprint density at radius 3 is 2.82 bits per heavy atom. The number of para-hydroxylation sites is 1. The molecule has 28 heavy (non-hydrogen) atoms. The second kappa shape index (κ2) is 7.71. The molecule has 0 spiro atoms. The largest absolute Gasteiger partial charge is 0.496 e. The lowest BCUT2D eigenvalue weighted by Gasteiger charge is -2.18. The zero-order valence-electron chi connectivity index (χ0n) is 15.9. The van der Waals surface area contributed by atoms with E-state index in [0.717, 1.165) is 30.0 Å². The van der Waals surface area contributed by atoms with Crippen LogP contribution in [0.3, 0.4) is 0 Å². The van der Waals surface area contributed by atoms with Crippen LogP contribution in [0, 0.1) is 5.92 Å². The van der Waals surface area contributed by atoms with E-state index in [4.69, 9.17) is 4.74 Å². The van der Waals surface area contributed by atoms with Crippen LogP contribution in [-0.4, -0.2) is 37.7 Å². The number of carbonyl (C=O) groups is 1. The molecular weight excluding hydrogens is 358 g/mol. The van der Waals surface area contributed by atoms with E-state index in [-0.39, 0.29) is 12.1 Å². The van der Waals surface area contributed by atoms with E-state index < -0.39 is 0 Å². The van der Waals surface area contributed by atoms with Gasteiger partial charge in [-0.05, 0) is 24.8 Å². The summed E-state index contributed by atoms with van der Waals surface area (Å²) in [4.78, 5) is 16.9. The van der Waals surface area contributed by atoms with Crippen molar-refractivity contribution in [2.45, 2.75) is 25.4 Å². The Bertz CT molecular complexity index is 961. The summed E-state index contributed by atoms with van der Waals surface area (Å²) in [5.74, 6) is 2.55. The molecule has 1 aliphatic rings. The van der Waals surface area contributed by atoms with Crippen molar-refractivity contribution in [1.29, 1.82) is 0 Å². The van der Waals surface area contributed by atoms with Crippen LogP contribution in [-0.2, 0) is 13.6 Å². The van der Waals surface area contributed by atoms with Gasteiger partial charge in [-0.1, -0.05) is 18.2 Å². The number of amides is 2. The molecule has 0 radical (unpaired) electrons. The molecule has 4 rings (SSSR count). The lowest BCUT2D eigenvalue weighted by molar-refractivity contribution is 0.245. The van der Waals surface area contributed by atoms with Crippen LogP contribution in [0.15, 0.2) is 42.9 Å². The topological polar surface area (TPSA) is 98.9 Å². The lowest BCUT2D eigenvalue weighted by Crippen LogP contribution is -2.35. The van der Waals surface area contributed by atoms with Gasteiger partial charge >= 0.3 is 6.03 Å². The number of ether oxygens (including phenoxy) is 1. The van der Waals surface area contributed by atoms with Crippen LogP contribution in [0.1, 0.15) is 30.3 Å². The van der Waals surface area contributed by atoms with Crippen LogP contribution in [0.5, 0.6) is 5.75 Å². The van der Waals surface area contributed by atoms with Gasteiger partial charge in [0.2, 0.25) is 0 Å². The number of carbonyl (C=O) groups excluding carboxylic acids is 1. The van der Waals surface area contributed by atoms with Gasteiger partial charge in [0, 0.05) is 18.7 Å². The molecular formula is C19H23N7O2. The SMILES string of the molecule is COc1ccccc1Cn1nccc1NC(=O)N[C@@H](c1ncnn1C)C1CC1. The highest BCUT2D eigenvalue weighted by atomic mass is 16.5. The van der Waals surface area contributed by atoms with Crippen LogP contribution in [0.2, 0.25) is 0 Å². The van der Waals surface area contributed by atoms with E-state index in [1.54, 1.807) is 28.7 Å². The Morgan fingerprint density at radius 2 is 2.11 bits per heavy atom. The maximum Gasteiger partial charge on any atom is 0.320 e. The first-order valence-corrected chi connectivity index (χ1v) is 9.21. The number of hydrogen-bond donors (Lipinski definition) is 2. The van der Waals surface area contributed by atoms with Crippen LogP contribution >= 0.6 is 0 Å². The lowest BCUT2D eigenvalue weighted by atomic mass is 10.2. The quantitative estimate of drug-likeness (QED) is 0.654. The molecule has 0 bridgehead atoms. The van der Waals surface area contributed by atoms with Crippen molar-refractivity contribution in [3.8, 4) is 5.75 Å². The molecule has 1 aromatic carbocycles. The fourth-order valence-corrected chi connectivity index (χ4v) is 3.26. The number of rotatable bonds is 7. The minimum absolute atomic E-state index is 0.155. The normalized spacial score (nSPS) is 14.5. The van der Waals surface area contributed by atoms with Gasteiger partial charge in [0.15, 0.2) is 0 Å². The molecule has 2 aromatic heterocycles. The van der Waals surface area contributed by atoms with Crippen molar-refractivity contribution in [2.24, 2.45) is 13.0 Å². The molecule has 2 N–H and O–H groups in total. The van der Waals surface area contributed by atoms with Crippen molar-refractivity contribution in [2.75, 3.05) is 12.4 Å². The smallest absolute Gasteiger partial charge is 0.320 e. The maximum absolute atomic E-state index is 12.6. The molecule has 2 heterocycles. The zero-order chi connectivity index (χ0) is 19.5. The van der Waals surface area contributed by atoms with Gasteiger partial charge < -0.3 is 10.1 Å². The monoisotopic (exact) mass is 381 g/mol. The highest BCUT2D eigenvalue weighted by Gasteiger charge is 2.36. The number of benzene rings is 1. The Balaban J connectivity index is 1.45. The molecule has 1 fully saturated rings. The van der Waals surface area contributed by atoms with E-state index in [1.807, 2.05) is 31.3 Å². The second-order valence-electron chi connectivity index (χ2n) is 6.84. The number of urea groups is 1. The summed E-state index contributed by atoms with van der Waals surface area (Å²) in [5.41, 5.74) is 0.979. The highest BCUT2D eigenvalue weighted by molar-refractivity contribution is 5.88. The van der Waals surface area contributed by atoms with Gasteiger partial charge in [0.25, 0.3) is 0 Å². The van der Waals surface area contributed by atoms with E-state index in [0.29, 0.717) is 18.3 Å². The predicted molar refractivity (Wildman–Crippen MR) is 103 cm³/mol. The first-order chi connectivity index (χ1) is 13.7. The average molecular weight is 381 g/mol. The molecule has 1 saturated carbocycles. The molecule has 9 nitrogen and oxygen atoms in total. The second-order valence-corrected chi connectivity index (χ2v) is 6.84. The minimum Gasteiger partial charge on any atom is -0.496 e. The van der Waals surface area contributed by atoms with Crippen molar-refractivity contribution < 1.29 is 9.53 Å². The van der Waals surface area contributed by atoms with Crippen molar-refractivity contribution in [1.82, 2.24) is 29.9 Å². The molecule has 0 saturated heterocycles. The molecule has 1 atom stereocenters. The number of aromatic nitrogens is 5. The number of hydrogen-bond acceptors (Lipinski definition) is 5. The van der Waals surface area contributed by atoms with Crippen molar-refractivity contribution in [3.05, 3.63) is 54.2 Å². The fourth-order valence-electron chi connectivity index (χ4n) is 3.26. The highest BCUT2D eigenvalue weighted by Crippen LogP contribution is 2.40. The van der Waals surface area contributed by atoms with E-state index in [2.05, 4.69) is 25.8 Å². The molecule has 146 valence electrons. The summed E-state index contributed by atoms with van der Waals surface area (Å²) in [5, 5.41) is 14.4. The van der Waals surface area contributed by atoms with Gasteiger partial charge in [-0.3, -0.25) is 10.00 Å². The third-order valence-electron chi connectivity index (χ3n) is 4.88. The molecule has 2 amide bonds. The summed E-state index contributed by atoms with van der Waals surface area (Å²) >= 11 is 0. The summed E-state index contributed by atoms with van der Waals surface area (Å²) in [6.45, 7) is 0.488. The Morgan fingerprint density at radius 1 is 1.29 bits per heavy atom. The first kappa shape index (κ1) is 18.0. The predicted octanol–water partition coefficient (Wildman–Crippen LogP) is 2.34. The van der Waals surface area contributed by atoms with Crippen molar-refractivity contribution >= 4 is 11.8 Å². The first-order valence-electron chi connectivity index (χ1n) is 9.21. The summed E-state index contributed by atoms with van der Waals surface area (Å²) in [7, 11) is 3.47. The number of aryl methyl sites for hydroxylation is 1. The third-order valence-corrected chi connectivity index (χ3v) is 4.88. The van der Waals surface area contributed by atoms with Gasteiger partial charge in [-0.2, -0.15) is 10.2 Å². The van der Waals surface area contributed by atoms with Crippen LogP contribution in [0.25, 0.3) is 0 Å². The van der Waals surface area contributed by atoms with Gasteiger partial charge in [-0.15, -0.1) is 0 Å².